The SMILES string of the molecule is Cc1ccc(C(C)(C)CCC(=O)N2CCC(C#N)CC2)cc1. The smallest absolute Gasteiger partial charge is 0.222 e. The van der Waals surface area contributed by atoms with Gasteiger partial charge in [0, 0.05) is 25.4 Å². The summed E-state index contributed by atoms with van der Waals surface area (Å²) in [6.07, 6.45) is 3.08. The monoisotopic (exact) mass is 298 g/mol. The van der Waals surface area contributed by atoms with Gasteiger partial charge in [-0.3, -0.25) is 4.79 Å². The van der Waals surface area contributed by atoms with Gasteiger partial charge in [-0.2, -0.15) is 5.26 Å². The highest BCUT2D eigenvalue weighted by molar-refractivity contribution is 5.76. The average molecular weight is 298 g/mol. The Kier molecular flexibility index (Phi) is 5.24. The second-order valence-electron chi connectivity index (χ2n) is 7.03. The Labute approximate surface area is 133 Å². The van der Waals surface area contributed by atoms with E-state index < -0.39 is 0 Å². The van der Waals surface area contributed by atoms with Gasteiger partial charge in [-0.1, -0.05) is 43.7 Å². The van der Waals surface area contributed by atoms with Gasteiger partial charge in [0.05, 0.1) is 6.07 Å². The van der Waals surface area contributed by atoms with E-state index in [9.17, 15) is 4.79 Å². The van der Waals surface area contributed by atoms with Crippen LogP contribution in [0.1, 0.15) is 50.7 Å². The molecule has 3 heteroatoms. The Bertz CT molecular complexity index is 546. The maximum absolute atomic E-state index is 12.4. The number of carbonyl (C=O) groups excluding carboxylic acids is 1. The Morgan fingerprint density at radius 1 is 1.27 bits per heavy atom. The molecule has 2 rings (SSSR count). The molecule has 3 nitrogen and oxygen atoms in total. The number of benzene rings is 1. The first-order chi connectivity index (χ1) is 10.4. The van der Waals surface area contributed by atoms with E-state index >= 15 is 0 Å². The van der Waals surface area contributed by atoms with Crippen molar-refractivity contribution in [2.45, 2.75) is 51.9 Å². The lowest BCUT2D eigenvalue weighted by atomic mass is 9.80. The molecule has 0 radical (unpaired) electrons. The summed E-state index contributed by atoms with van der Waals surface area (Å²) in [5.41, 5.74) is 2.55. The van der Waals surface area contributed by atoms with Crippen molar-refractivity contribution in [1.82, 2.24) is 4.90 Å². The number of hydrogen-bond donors (Lipinski definition) is 0. The van der Waals surface area contributed by atoms with Crippen LogP contribution in [0.3, 0.4) is 0 Å². The Hall–Kier alpha value is -1.82. The molecule has 0 bridgehead atoms. The number of piperidine rings is 1. The van der Waals surface area contributed by atoms with Crippen LogP contribution >= 0.6 is 0 Å². The molecule has 0 N–H and O–H groups in total. The van der Waals surface area contributed by atoms with Gasteiger partial charge in [0.2, 0.25) is 5.91 Å². The molecule has 1 aliphatic rings. The summed E-state index contributed by atoms with van der Waals surface area (Å²) in [5, 5.41) is 8.92. The maximum atomic E-state index is 12.4. The Morgan fingerprint density at radius 3 is 2.41 bits per heavy atom. The molecule has 1 amide bonds. The van der Waals surface area contributed by atoms with Crippen molar-refractivity contribution in [3.8, 4) is 6.07 Å². The molecule has 1 aromatic carbocycles. The molecular weight excluding hydrogens is 272 g/mol. The van der Waals surface area contributed by atoms with Gasteiger partial charge >= 0.3 is 0 Å². The topological polar surface area (TPSA) is 44.1 Å². The zero-order chi connectivity index (χ0) is 16.2. The van der Waals surface area contributed by atoms with Crippen molar-refractivity contribution in [2.75, 3.05) is 13.1 Å². The highest BCUT2D eigenvalue weighted by atomic mass is 16.2. The number of hydrogen-bond acceptors (Lipinski definition) is 2. The van der Waals surface area contributed by atoms with E-state index in [1.807, 2.05) is 4.90 Å². The second kappa shape index (κ2) is 6.96. The summed E-state index contributed by atoms with van der Waals surface area (Å²) in [6, 6.07) is 10.9. The van der Waals surface area contributed by atoms with Crippen molar-refractivity contribution < 1.29 is 4.79 Å². The fourth-order valence-electron chi connectivity index (χ4n) is 2.98. The molecule has 22 heavy (non-hydrogen) atoms. The maximum Gasteiger partial charge on any atom is 0.222 e. The van der Waals surface area contributed by atoms with E-state index in [-0.39, 0.29) is 17.2 Å². The number of nitrogens with zero attached hydrogens (tertiary/aromatic N) is 2. The summed E-state index contributed by atoms with van der Waals surface area (Å²) in [5.74, 6) is 0.365. The van der Waals surface area contributed by atoms with Crippen LogP contribution in [0, 0.1) is 24.2 Å². The number of nitriles is 1. The lowest BCUT2D eigenvalue weighted by molar-refractivity contribution is -0.132. The summed E-state index contributed by atoms with van der Waals surface area (Å²) in [4.78, 5) is 14.3. The first-order valence-corrected chi connectivity index (χ1v) is 8.17. The van der Waals surface area contributed by atoms with Crippen LogP contribution in [-0.4, -0.2) is 23.9 Å². The van der Waals surface area contributed by atoms with E-state index in [2.05, 4.69) is 51.1 Å². The van der Waals surface area contributed by atoms with E-state index in [4.69, 9.17) is 5.26 Å². The number of carbonyl (C=O) groups is 1. The molecule has 1 fully saturated rings. The minimum absolute atomic E-state index is 0.00827. The zero-order valence-electron chi connectivity index (χ0n) is 13.9. The molecule has 1 aliphatic heterocycles. The van der Waals surface area contributed by atoms with Gasteiger partial charge < -0.3 is 4.90 Å². The first kappa shape index (κ1) is 16.5. The lowest BCUT2D eigenvalue weighted by Gasteiger charge is -2.31. The molecule has 1 heterocycles. The van der Waals surface area contributed by atoms with Crippen molar-refractivity contribution in [2.24, 2.45) is 5.92 Å². The second-order valence-corrected chi connectivity index (χ2v) is 7.03. The molecule has 0 spiro atoms. The van der Waals surface area contributed by atoms with Crippen LogP contribution in [0.2, 0.25) is 0 Å². The summed E-state index contributed by atoms with van der Waals surface area (Å²) < 4.78 is 0. The van der Waals surface area contributed by atoms with Gasteiger partial charge in [-0.15, -0.1) is 0 Å². The van der Waals surface area contributed by atoms with Crippen LogP contribution in [0.25, 0.3) is 0 Å². The third-order valence-corrected chi connectivity index (χ3v) is 4.83. The predicted molar refractivity (Wildman–Crippen MR) is 88.4 cm³/mol. The van der Waals surface area contributed by atoms with Gasteiger partial charge in [0.15, 0.2) is 0 Å². The third kappa shape index (κ3) is 4.10. The third-order valence-electron chi connectivity index (χ3n) is 4.83. The van der Waals surface area contributed by atoms with E-state index in [0.717, 1.165) is 32.4 Å². The average Bonchev–Trinajstić information content (AvgIpc) is 2.53. The van der Waals surface area contributed by atoms with Gasteiger partial charge in [-0.05, 0) is 37.2 Å². The quantitative estimate of drug-likeness (QED) is 0.848. The normalized spacial score (nSPS) is 16.4. The highest BCUT2D eigenvalue weighted by Crippen LogP contribution is 2.29. The summed E-state index contributed by atoms with van der Waals surface area (Å²) in [7, 11) is 0. The molecular formula is C19H26N2O. The molecule has 0 saturated carbocycles. The van der Waals surface area contributed by atoms with Crippen molar-refractivity contribution >= 4 is 5.91 Å². The first-order valence-electron chi connectivity index (χ1n) is 8.17. The largest absolute Gasteiger partial charge is 0.343 e. The van der Waals surface area contributed by atoms with E-state index in [0.29, 0.717) is 6.42 Å². The minimum Gasteiger partial charge on any atom is -0.343 e. The molecule has 0 aliphatic carbocycles. The van der Waals surface area contributed by atoms with Crippen LogP contribution < -0.4 is 0 Å². The molecule has 118 valence electrons. The number of rotatable bonds is 4. The Morgan fingerprint density at radius 2 is 1.86 bits per heavy atom. The number of likely N-dealkylation sites (tertiary alicyclic amines) is 1. The van der Waals surface area contributed by atoms with Crippen LogP contribution in [0.4, 0.5) is 0 Å². The fraction of sp³-hybridized carbons (Fsp3) is 0.579. The molecule has 1 saturated heterocycles. The predicted octanol–water partition coefficient (Wildman–Crippen LogP) is 3.82. The zero-order valence-corrected chi connectivity index (χ0v) is 13.9. The van der Waals surface area contributed by atoms with E-state index in [1.165, 1.54) is 11.1 Å². The van der Waals surface area contributed by atoms with Gasteiger partial charge in [0.1, 0.15) is 0 Å². The standard InChI is InChI=1S/C19H26N2O/c1-15-4-6-17(7-5-15)19(2,3)11-8-18(22)21-12-9-16(14-20)10-13-21/h4-7,16H,8-13H2,1-3H3. The molecule has 0 unspecified atom stereocenters. The lowest BCUT2D eigenvalue weighted by Crippen LogP contribution is -2.38. The number of aryl methyl sites for hydroxylation is 1. The molecule has 1 aromatic rings. The minimum atomic E-state index is 0.00827. The molecule has 0 atom stereocenters. The van der Waals surface area contributed by atoms with Crippen LogP contribution in [-0.2, 0) is 10.2 Å². The summed E-state index contributed by atoms with van der Waals surface area (Å²) in [6.45, 7) is 7.97. The van der Waals surface area contributed by atoms with Crippen LogP contribution in [0.5, 0.6) is 0 Å². The number of amides is 1. The highest BCUT2D eigenvalue weighted by Gasteiger charge is 2.26. The summed E-state index contributed by atoms with van der Waals surface area (Å²) >= 11 is 0. The fourth-order valence-corrected chi connectivity index (χ4v) is 2.98. The Balaban J connectivity index is 1.88. The van der Waals surface area contributed by atoms with Crippen molar-refractivity contribution in [3.05, 3.63) is 35.4 Å². The van der Waals surface area contributed by atoms with Crippen molar-refractivity contribution in [3.63, 3.8) is 0 Å². The van der Waals surface area contributed by atoms with Crippen molar-refractivity contribution in [1.29, 1.82) is 5.26 Å². The van der Waals surface area contributed by atoms with Gasteiger partial charge in [0.25, 0.3) is 0 Å². The van der Waals surface area contributed by atoms with E-state index in [1.54, 1.807) is 0 Å². The van der Waals surface area contributed by atoms with Crippen LogP contribution in [0.15, 0.2) is 24.3 Å². The van der Waals surface area contributed by atoms with Gasteiger partial charge in [-0.25, -0.2) is 0 Å². The molecule has 0 aromatic heterocycles.